The van der Waals surface area contributed by atoms with Gasteiger partial charge in [0.05, 0.1) is 0 Å². The molecule has 0 spiro atoms. The minimum Gasteiger partial charge on any atom is -0.207 e. The van der Waals surface area contributed by atoms with E-state index in [1.807, 2.05) is 13.0 Å². The van der Waals surface area contributed by atoms with Crippen LogP contribution in [0.1, 0.15) is 37.5 Å². The first-order valence-electron chi connectivity index (χ1n) is 6.07. The molecule has 4 nitrogen and oxygen atoms in total. The fourth-order valence-corrected chi connectivity index (χ4v) is 4.31. The van der Waals surface area contributed by atoms with Crippen LogP contribution in [0, 0.1) is 17.2 Å². The van der Waals surface area contributed by atoms with Gasteiger partial charge in [-0.3, -0.25) is 0 Å². The highest BCUT2D eigenvalue weighted by atomic mass is 32.2. The van der Waals surface area contributed by atoms with Crippen molar-refractivity contribution in [2.45, 2.75) is 42.9 Å². The van der Waals surface area contributed by atoms with Gasteiger partial charge in [0.1, 0.15) is 15.2 Å². The van der Waals surface area contributed by atoms with E-state index in [0.29, 0.717) is 10.8 Å². The summed E-state index contributed by atoms with van der Waals surface area (Å²) in [5, 5.41) is 8.72. The molecule has 18 heavy (non-hydrogen) atoms. The van der Waals surface area contributed by atoms with Crippen molar-refractivity contribution in [2.75, 3.05) is 0 Å². The molecule has 0 radical (unpaired) electrons. The quantitative estimate of drug-likeness (QED) is 0.872. The summed E-state index contributed by atoms with van der Waals surface area (Å²) in [6.45, 7) is 1.99. The lowest BCUT2D eigenvalue weighted by atomic mass is 10.1. The Labute approximate surface area is 112 Å². The van der Waals surface area contributed by atoms with E-state index in [2.05, 4.69) is 4.72 Å². The topological polar surface area (TPSA) is 70.0 Å². The highest BCUT2D eigenvalue weighted by Crippen LogP contribution is 2.34. The van der Waals surface area contributed by atoms with Gasteiger partial charge in [-0.05, 0) is 30.9 Å². The Balaban J connectivity index is 2.07. The molecule has 1 aliphatic rings. The van der Waals surface area contributed by atoms with Crippen molar-refractivity contribution < 1.29 is 8.42 Å². The van der Waals surface area contributed by atoms with E-state index in [9.17, 15) is 8.42 Å². The van der Waals surface area contributed by atoms with Crippen LogP contribution in [-0.4, -0.2) is 14.5 Å². The first-order chi connectivity index (χ1) is 8.55. The molecule has 6 heteroatoms. The zero-order chi connectivity index (χ0) is 13.2. The van der Waals surface area contributed by atoms with Crippen LogP contribution in [0.5, 0.6) is 0 Å². The molecule has 1 saturated carbocycles. The van der Waals surface area contributed by atoms with Crippen LogP contribution in [0.4, 0.5) is 0 Å². The van der Waals surface area contributed by atoms with Gasteiger partial charge in [-0.2, -0.15) is 5.26 Å². The lowest BCUT2D eigenvalue weighted by molar-refractivity contribution is 0.496. The molecule has 1 aromatic rings. The summed E-state index contributed by atoms with van der Waals surface area (Å²) >= 11 is 1.02. The second-order valence-corrected chi connectivity index (χ2v) is 7.66. The second-order valence-electron chi connectivity index (χ2n) is 4.64. The Kier molecular flexibility index (Phi) is 4.05. The number of rotatable bonds is 6. The van der Waals surface area contributed by atoms with Crippen molar-refractivity contribution in [3.8, 4) is 6.07 Å². The number of nitrogens with zero attached hydrogens (tertiary/aromatic N) is 1. The van der Waals surface area contributed by atoms with Gasteiger partial charge in [-0.15, -0.1) is 11.3 Å². The molecule has 1 fully saturated rings. The predicted molar refractivity (Wildman–Crippen MR) is 70.8 cm³/mol. The number of nitriles is 1. The first kappa shape index (κ1) is 13.5. The smallest absolute Gasteiger partial charge is 0.207 e. The maximum Gasteiger partial charge on any atom is 0.250 e. The second kappa shape index (κ2) is 5.39. The van der Waals surface area contributed by atoms with Crippen molar-refractivity contribution in [1.82, 2.24) is 4.72 Å². The van der Waals surface area contributed by atoms with E-state index in [1.165, 1.54) is 18.9 Å². The Morgan fingerprint density at radius 2 is 2.28 bits per heavy atom. The van der Waals surface area contributed by atoms with Crippen molar-refractivity contribution in [2.24, 2.45) is 5.92 Å². The lowest BCUT2D eigenvalue weighted by Crippen LogP contribution is -2.34. The summed E-state index contributed by atoms with van der Waals surface area (Å²) in [6, 6.07) is 5.00. The van der Waals surface area contributed by atoms with Gasteiger partial charge in [0.15, 0.2) is 0 Å². The van der Waals surface area contributed by atoms with E-state index in [0.717, 1.165) is 24.2 Å². The molecular weight excluding hydrogens is 268 g/mol. The van der Waals surface area contributed by atoms with Crippen molar-refractivity contribution in [1.29, 1.82) is 5.26 Å². The lowest BCUT2D eigenvalue weighted by Gasteiger charge is -2.15. The Bertz CT molecular complexity index is 553. The average molecular weight is 284 g/mol. The number of nitrogens with one attached hydrogen (secondary N) is 1. The van der Waals surface area contributed by atoms with E-state index in [1.54, 1.807) is 6.07 Å². The van der Waals surface area contributed by atoms with Gasteiger partial charge < -0.3 is 0 Å². The van der Waals surface area contributed by atoms with Crippen LogP contribution in [0.2, 0.25) is 0 Å². The van der Waals surface area contributed by atoms with Crippen LogP contribution >= 0.6 is 11.3 Å². The molecular formula is C12H16N2O2S2. The number of sulfonamides is 1. The van der Waals surface area contributed by atoms with Gasteiger partial charge in [0.25, 0.3) is 0 Å². The molecule has 0 saturated heterocycles. The minimum absolute atomic E-state index is 0.00938. The van der Waals surface area contributed by atoms with Gasteiger partial charge >= 0.3 is 0 Å². The fraction of sp³-hybridized carbons (Fsp3) is 0.583. The highest BCUT2D eigenvalue weighted by Gasteiger charge is 2.28. The molecule has 0 amide bonds. The predicted octanol–water partition coefficient (Wildman–Crippen LogP) is 2.48. The van der Waals surface area contributed by atoms with Crippen molar-refractivity contribution in [3.63, 3.8) is 0 Å². The highest BCUT2D eigenvalue weighted by molar-refractivity contribution is 7.91. The summed E-state index contributed by atoms with van der Waals surface area (Å²) < 4.78 is 27.2. The molecule has 1 unspecified atom stereocenters. The largest absolute Gasteiger partial charge is 0.250 e. The normalized spacial score (nSPS) is 17.3. The third-order valence-electron chi connectivity index (χ3n) is 3.09. The molecule has 0 aromatic carbocycles. The number of hydrogen-bond donors (Lipinski definition) is 1. The first-order valence-corrected chi connectivity index (χ1v) is 8.37. The summed E-state index contributed by atoms with van der Waals surface area (Å²) in [6.07, 6.45) is 4.16. The zero-order valence-corrected chi connectivity index (χ0v) is 11.9. The van der Waals surface area contributed by atoms with E-state index in [-0.39, 0.29) is 10.3 Å². The molecule has 1 aliphatic carbocycles. The molecule has 0 bridgehead atoms. The van der Waals surface area contributed by atoms with Crippen LogP contribution < -0.4 is 4.72 Å². The molecule has 98 valence electrons. The van der Waals surface area contributed by atoms with Gasteiger partial charge in [0.2, 0.25) is 10.0 Å². The van der Waals surface area contributed by atoms with Gasteiger partial charge in [0, 0.05) is 6.04 Å². The van der Waals surface area contributed by atoms with Crippen LogP contribution in [0.25, 0.3) is 0 Å². The Hall–Kier alpha value is -0.900. The summed E-state index contributed by atoms with van der Waals surface area (Å²) in [5.74, 6) is 0.690. The Morgan fingerprint density at radius 1 is 1.56 bits per heavy atom. The maximum absolute atomic E-state index is 12.1. The molecule has 1 aromatic heterocycles. The fourth-order valence-electron chi connectivity index (χ4n) is 1.86. The zero-order valence-electron chi connectivity index (χ0n) is 10.2. The maximum atomic E-state index is 12.1. The average Bonchev–Trinajstić information content (AvgIpc) is 3.01. The number of hydrogen-bond acceptors (Lipinski definition) is 4. The number of thiophene rings is 1. The standard InChI is InChI=1S/C12H16N2O2S2/c1-2-10(7-9-3-4-9)14-18(15,16)12-6-5-11(8-13)17-12/h5-6,9-10,14H,2-4,7H2,1H3. The summed E-state index contributed by atoms with van der Waals surface area (Å²) in [5.41, 5.74) is 0. The van der Waals surface area contributed by atoms with Crippen LogP contribution in [-0.2, 0) is 10.0 Å². The summed E-state index contributed by atoms with van der Waals surface area (Å²) in [7, 11) is -3.46. The third-order valence-corrected chi connectivity index (χ3v) is 6.09. The summed E-state index contributed by atoms with van der Waals surface area (Å²) in [4.78, 5) is 0.422. The van der Waals surface area contributed by atoms with E-state index >= 15 is 0 Å². The van der Waals surface area contributed by atoms with E-state index in [4.69, 9.17) is 5.26 Å². The van der Waals surface area contributed by atoms with Crippen molar-refractivity contribution in [3.05, 3.63) is 17.0 Å². The third kappa shape index (κ3) is 3.31. The van der Waals surface area contributed by atoms with E-state index < -0.39 is 10.0 Å². The van der Waals surface area contributed by atoms with Gasteiger partial charge in [-0.25, -0.2) is 13.1 Å². The van der Waals surface area contributed by atoms with Crippen LogP contribution in [0.3, 0.4) is 0 Å². The SMILES string of the molecule is CCC(CC1CC1)NS(=O)(=O)c1ccc(C#N)s1. The molecule has 1 N–H and O–H groups in total. The van der Waals surface area contributed by atoms with Gasteiger partial charge in [-0.1, -0.05) is 19.8 Å². The minimum atomic E-state index is -3.46. The monoisotopic (exact) mass is 284 g/mol. The molecule has 1 heterocycles. The van der Waals surface area contributed by atoms with Crippen LogP contribution in [0.15, 0.2) is 16.3 Å². The van der Waals surface area contributed by atoms with Crippen molar-refractivity contribution >= 4 is 21.4 Å². The molecule has 0 aliphatic heterocycles. The molecule has 2 rings (SSSR count). The molecule has 1 atom stereocenters. The Morgan fingerprint density at radius 3 is 2.78 bits per heavy atom.